The molecule has 1 aliphatic carbocycles. The van der Waals surface area contributed by atoms with E-state index in [2.05, 4.69) is 0 Å². The Kier molecular flexibility index (Phi) is 5.22. The molecule has 2 aromatic carbocycles. The van der Waals surface area contributed by atoms with Gasteiger partial charge in [0.2, 0.25) is 0 Å². The number of benzene rings is 2. The third-order valence-corrected chi connectivity index (χ3v) is 5.41. The average molecular weight is 340 g/mol. The number of phenolic OH excluding ortho intramolecular Hbond substituents is 2. The standard InChI is InChI=1S/C20H22O3.C2H6/c1-12-10-13(21)6-8-15(12)20-17-5-3-2-4-16(17)18-11-14(22)7-9-19(18)23-20;1-2/h6-11,16-17,20-22H,2-5H2,1H3;1-2H3. The zero-order chi connectivity index (χ0) is 18.0. The van der Waals surface area contributed by atoms with Gasteiger partial charge in [0, 0.05) is 11.5 Å². The molecule has 3 unspecified atom stereocenters. The van der Waals surface area contributed by atoms with Gasteiger partial charge >= 0.3 is 0 Å². The Labute approximate surface area is 150 Å². The number of aromatic hydroxyl groups is 2. The maximum Gasteiger partial charge on any atom is 0.127 e. The number of phenols is 2. The molecular weight excluding hydrogens is 312 g/mol. The first kappa shape index (κ1) is 17.7. The van der Waals surface area contributed by atoms with Crippen LogP contribution in [0.2, 0.25) is 0 Å². The maximum atomic E-state index is 9.85. The molecule has 0 saturated heterocycles. The molecule has 1 heterocycles. The Hall–Kier alpha value is -2.16. The molecule has 3 nitrogen and oxygen atoms in total. The van der Waals surface area contributed by atoms with Crippen LogP contribution in [0.5, 0.6) is 17.2 Å². The van der Waals surface area contributed by atoms with Crippen molar-refractivity contribution in [2.24, 2.45) is 5.92 Å². The summed E-state index contributed by atoms with van der Waals surface area (Å²) in [5.41, 5.74) is 3.39. The largest absolute Gasteiger partial charge is 0.508 e. The molecule has 134 valence electrons. The molecule has 0 radical (unpaired) electrons. The molecule has 0 spiro atoms. The predicted octanol–water partition coefficient (Wildman–Crippen LogP) is 5.84. The smallest absolute Gasteiger partial charge is 0.127 e. The lowest BCUT2D eigenvalue weighted by atomic mass is 9.69. The van der Waals surface area contributed by atoms with Gasteiger partial charge in [0.15, 0.2) is 0 Å². The van der Waals surface area contributed by atoms with E-state index >= 15 is 0 Å². The summed E-state index contributed by atoms with van der Waals surface area (Å²) in [7, 11) is 0. The molecule has 3 atom stereocenters. The highest BCUT2D eigenvalue weighted by Gasteiger charge is 2.40. The molecule has 25 heavy (non-hydrogen) atoms. The number of rotatable bonds is 1. The quantitative estimate of drug-likeness (QED) is 0.685. The van der Waals surface area contributed by atoms with Crippen LogP contribution in [-0.4, -0.2) is 10.2 Å². The highest BCUT2D eigenvalue weighted by Crippen LogP contribution is 2.53. The second-order valence-electron chi connectivity index (χ2n) is 6.86. The van der Waals surface area contributed by atoms with E-state index in [-0.39, 0.29) is 6.10 Å². The summed E-state index contributed by atoms with van der Waals surface area (Å²) in [6.07, 6.45) is 4.78. The van der Waals surface area contributed by atoms with Crippen molar-refractivity contribution in [3.8, 4) is 17.2 Å². The first-order valence-electron chi connectivity index (χ1n) is 9.42. The van der Waals surface area contributed by atoms with Gasteiger partial charge in [0.1, 0.15) is 23.4 Å². The van der Waals surface area contributed by atoms with E-state index in [1.54, 1.807) is 12.1 Å². The number of ether oxygens (including phenoxy) is 1. The van der Waals surface area contributed by atoms with Crippen LogP contribution in [0.1, 0.15) is 68.2 Å². The number of aryl methyl sites for hydroxylation is 1. The first-order chi connectivity index (χ1) is 12.1. The zero-order valence-corrected chi connectivity index (χ0v) is 15.3. The van der Waals surface area contributed by atoms with Gasteiger partial charge in [-0.2, -0.15) is 0 Å². The van der Waals surface area contributed by atoms with Crippen molar-refractivity contribution in [2.45, 2.75) is 58.5 Å². The van der Waals surface area contributed by atoms with Crippen LogP contribution < -0.4 is 4.74 Å². The van der Waals surface area contributed by atoms with E-state index < -0.39 is 0 Å². The Morgan fingerprint density at radius 3 is 2.32 bits per heavy atom. The average Bonchev–Trinajstić information content (AvgIpc) is 2.63. The molecule has 1 aliphatic heterocycles. The molecule has 2 N–H and O–H groups in total. The van der Waals surface area contributed by atoms with Crippen molar-refractivity contribution in [3.05, 3.63) is 53.1 Å². The Morgan fingerprint density at radius 1 is 0.880 bits per heavy atom. The van der Waals surface area contributed by atoms with Crippen LogP contribution in [-0.2, 0) is 0 Å². The summed E-state index contributed by atoms with van der Waals surface area (Å²) >= 11 is 0. The second kappa shape index (κ2) is 7.38. The normalized spacial score (nSPS) is 24.2. The van der Waals surface area contributed by atoms with Gasteiger partial charge in [-0.05, 0) is 67.1 Å². The first-order valence-corrected chi connectivity index (χ1v) is 9.42. The minimum Gasteiger partial charge on any atom is -0.508 e. The Morgan fingerprint density at radius 2 is 1.56 bits per heavy atom. The summed E-state index contributed by atoms with van der Waals surface area (Å²) in [5.74, 6) is 2.38. The van der Waals surface area contributed by atoms with Gasteiger partial charge in [0.05, 0.1) is 0 Å². The second-order valence-corrected chi connectivity index (χ2v) is 6.86. The van der Waals surface area contributed by atoms with Crippen molar-refractivity contribution in [3.63, 3.8) is 0 Å². The lowest BCUT2D eigenvalue weighted by molar-refractivity contribution is 0.0674. The summed E-state index contributed by atoms with van der Waals surface area (Å²) in [6.45, 7) is 6.03. The van der Waals surface area contributed by atoms with Gasteiger partial charge in [-0.25, -0.2) is 0 Å². The summed E-state index contributed by atoms with van der Waals surface area (Å²) in [6, 6.07) is 11.0. The van der Waals surface area contributed by atoms with E-state index in [9.17, 15) is 10.2 Å². The molecule has 2 aromatic rings. The van der Waals surface area contributed by atoms with E-state index in [1.165, 1.54) is 18.4 Å². The van der Waals surface area contributed by atoms with E-state index in [0.29, 0.717) is 23.3 Å². The maximum absolute atomic E-state index is 9.85. The minimum atomic E-state index is 0.0259. The minimum absolute atomic E-state index is 0.0259. The Bertz CT molecular complexity index is 738. The molecule has 1 saturated carbocycles. The van der Waals surface area contributed by atoms with Crippen molar-refractivity contribution in [1.29, 1.82) is 0 Å². The molecule has 3 heteroatoms. The van der Waals surface area contributed by atoms with Crippen molar-refractivity contribution >= 4 is 0 Å². The van der Waals surface area contributed by atoms with Crippen molar-refractivity contribution in [1.82, 2.24) is 0 Å². The lowest BCUT2D eigenvalue weighted by Gasteiger charge is -2.43. The van der Waals surface area contributed by atoms with Crippen LogP contribution in [0.3, 0.4) is 0 Å². The monoisotopic (exact) mass is 340 g/mol. The highest BCUT2D eigenvalue weighted by atomic mass is 16.5. The van der Waals surface area contributed by atoms with E-state index in [1.807, 2.05) is 45.0 Å². The predicted molar refractivity (Wildman–Crippen MR) is 100 cm³/mol. The molecule has 2 aliphatic rings. The fourth-order valence-electron chi connectivity index (χ4n) is 4.34. The number of fused-ring (bicyclic) bond motifs is 3. The summed E-state index contributed by atoms with van der Waals surface area (Å²) in [5, 5.41) is 19.5. The van der Waals surface area contributed by atoms with Crippen molar-refractivity contribution in [2.75, 3.05) is 0 Å². The van der Waals surface area contributed by atoms with Gasteiger partial charge in [-0.3, -0.25) is 0 Å². The van der Waals surface area contributed by atoms with Crippen LogP contribution in [0.25, 0.3) is 0 Å². The summed E-state index contributed by atoms with van der Waals surface area (Å²) < 4.78 is 6.37. The number of hydrogen-bond acceptors (Lipinski definition) is 3. The fourth-order valence-corrected chi connectivity index (χ4v) is 4.34. The molecule has 0 aromatic heterocycles. The van der Waals surface area contributed by atoms with Gasteiger partial charge < -0.3 is 14.9 Å². The van der Waals surface area contributed by atoms with Crippen molar-refractivity contribution < 1.29 is 14.9 Å². The SMILES string of the molecule is CC.Cc1cc(O)ccc1C1Oc2ccc(O)cc2C2CCCCC21. The van der Waals surface area contributed by atoms with Crippen LogP contribution in [0.15, 0.2) is 36.4 Å². The molecule has 0 bridgehead atoms. The third kappa shape index (κ3) is 3.33. The van der Waals surface area contributed by atoms with Crippen LogP contribution in [0, 0.1) is 12.8 Å². The third-order valence-electron chi connectivity index (χ3n) is 5.41. The zero-order valence-electron chi connectivity index (χ0n) is 15.3. The molecular formula is C22H28O3. The lowest BCUT2D eigenvalue weighted by Crippen LogP contribution is -2.32. The van der Waals surface area contributed by atoms with Gasteiger partial charge in [-0.15, -0.1) is 0 Å². The fraction of sp³-hybridized carbons (Fsp3) is 0.455. The summed E-state index contributed by atoms with van der Waals surface area (Å²) in [4.78, 5) is 0. The van der Waals surface area contributed by atoms with Crippen LogP contribution in [0.4, 0.5) is 0 Å². The van der Waals surface area contributed by atoms with E-state index in [0.717, 1.165) is 29.7 Å². The number of hydrogen-bond donors (Lipinski definition) is 2. The molecule has 1 fully saturated rings. The van der Waals surface area contributed by atoms with Crippen LogP contribution >= 0.6 is 0 Å². The molecule has 4 rings (SSSR count). The van der Waals surface area contributed by atoms with Gasteiger partial charge in [-0.1, -0.05) is 32.8 Å². The topological polar surface area (TPSA) is 49.7 Å². The Balaban J connectivity index is 0.000000880. The van der Waals surface area contributed by atoms with E-state index in [4.69, 9.17) is 4.74 Å². The van der Waals surface area contributed by atoms with Gasteiger partial charge in [0.25, 0.3) is 0 Å². The highest BCUT2D eigenvalue weighted by molar-refractivity contribution is 5.46. The molecule has 0 amide bonds.